The molecule has 3 N–H and O–H groups in total. The standard InChI is InChI=1S/C14H16IN5O/c1-8-10(5-16)12(15)11(6-17)13(19-8)9-3-2-4-20(7-9)14(18)21/h9,12,19H,2-4,7H2,1H3,(H2,18,21). The maximum atomic E-state index is 11.4. The smallest absolute Gasteiger partial charge is 0.314 e. The summed E-state index contributed by atoms with van der Waals surface area (Å²) in [5, 5.41) is 21.9. The number of nitrogens with two attached hydrogens (primary N) is 1. The van der Waals surface area contributed by atoms with Crippen LogP contribution < -0.4 is 11.1 Å². The van der Waals surface area contributed by atoms with Crippen molar-refractivity contribution in [3.63, 3.8) is 0 Å². The molecule has 7 heteroatoms. The van der Waals surface area contributed by atoms with Crippen LogP contribution in [0.15, 0.2) is 22.5 Å². The zero-order valence-corrected chi connectivity index (χ0v) is 13.8. The van der Waals surface area contributed by atoms with Crippen molar-refractivity contribution in [3.05, 3.63) is 22.5 Å². The van der Waals surface area contributed by atoms with Crippen molar-refractivity contribution in [1.82, 2.24) is 10.2 Å². The third-order valence-electron chi connectivity index (χ3n) is 3.91. The highest BCUT2D eigenvalue weighted by Crippen LogP contribution is 2.34. The van der Waals surface area contributed by atoms with Gasteiger partial charge >= 0.3 is 6.03 Å². The van der Waals surface area contributed by atoms with Gasteiger partial charge < -0.3 is 16.0 Å². The van der Waals surface area contributed by atoms with Crippen molar-refractivity contribution in [2.75, 3.05) is 13.1 Å². The molecule has 0 aromatic heterocycles. The molecule has 2 rings (SSSR count). The van der Waals surface area contributed by atoms with Crippen molar-refractivity contribution in [2.24, 2.45) is 11.7 Å². The van der Waals surface area contributed by atoms with Crippen LogP contribution in [0, 0.1) is 28.6 Å². The number of dihydropyridines is 1. The van der Waals surface area contributed by atoms with Gasteiger partial charge in [-0.1, -0.05) is 22.6 Å². The molecular weight excluding hydrogens is 381 g/mol. The number of nitrogens with one attached hydrogen (secondary N) is 1. The monoisotopic (exact) mass is 397 g/mol. The van der Waals surface area contributed by atoms with E-state index in [0.717, 1.165) is 24.2 Å². The Hall–Kier alpha value is -1.74. The van der Waals surface area contributed by atoms with Crippen LogP contribution in [-0.2, 0) is 0 Å². The predicted molar refractivity (Wildman–Crippen MR) is 85.8 cm³/mol. The van der Waals surface area contributed by atoms with Gasteiger partial charge in [0.15, 0.2) is 0 Å². The molecule has 2 heterocycles. The van der Waals surface area contributed by atoms with Gasteiger partial charge in [-0.3, -0.25) is 0 Å². The summed E-state index contributed by atoms with van der Waals surface area (Å²) in [6, 6.07) is 3.95. The number of nitriles is 2. The summed E-state index contributed by atoms with van der Waals surface area (Å²) in [5.74, 6) is 0.0633. The fourth-order valence-corrected chi connectivity index (χ4v) is 3.88. The molecule has 0 aliphatic carbocycles. The van der Waals surface area contributed by atoms with E-state index in [9.17, 15) is 15.3 Å². The number of halogens is 1. The molecule has 2 amide bonds. The Balaban J connectivity index is 2.32. The number of allylic oxidation sites excluding steroid dienone is 3. The van der Waals surface area contributed by atoms with Crippen molar-refractivity contribution in [3.8, 4) is 12.1 Å². The molecule has 0 aromatic rings. The highest BCUT2D eigenvalue weighted by atomic mass is 127. The van der Waals surface area contributed by atoms with E-state index in [1.54, 1.807) is 4.90 Å². The molecule has 0 bridgehead atoms. The number of carbonyl (C=O) groups excluding carboxylic acids is 1. The largest absolute Gasteiger partial charge is 0.361 e. The maximum absolute atomic E-state index is 11.4. The fraction of sp³-hybridized carbons (Fsp3) is 0.500. The molecule has 1 fully saturated rings. The zero-order valence-electron chi connectivity index (χ0n) is 11.7. The van der Waals surface area contributed by atoms with Gasteiger partial charge in [-0.15, -0.1) is 0 Å². The summed E-state index contributed by atoms with van der Waals surface area (Å²) >= 11 is 2.12. The van der Waals surface area contributed by atoms with Gasteiger partial charge in [-0.05, 0) is 19.8 Å². The van der Waals surface area contributed by atoms with Crippen molar-refractivity contribution < 1.29 is 4.79 Å². The van der Waals surface area contributed by atoms with Gasteiger partial charge in [-0.25, -0.2) is 4.79 Å². The Labute approximate surface area is 137 Å². The normalized spacial score (nSPS) is 26.0. The highest BCUT2D eigenvalue weighted by molar-refractivity contribution is 14.1. The van der Waals surface area contributed by atoms with Crippen LogP contribution in [0.5, 0.6) is 0 Å². The Morgan fingerprint density at radius 2 is 2.10 bits per heavy atom. The second-order valence-corrected chi connectivity index (χ2v) is 6.45. The van der Waals surface area contributed by atoms with Gasteiger partial charge in [-0.2, -0.15) is 10.5 Å². The van der Waals surface area contributed by atoms with Crippen LogP contribution in [0.25, 0.3) is 0 Å². The summed E-state index contributed by atoms with van der Waals surface area (Å²) in [7, 11) is 0. The van der Waals surface area contributed by atoms with Crippen LogP contribution in [-0.4, -0.2) is 27.9 Å². The number of nitrogens with zero attached hydrogens (tertiary/aromatic N) is 3. The third kappa shape index (κ3) is 2.98. The number of urea groups is 1. The Kier molecular flexibility index (Phi) is 4.73. The number of rotatable bonds is 1. The lowest BCUT2D eigenvalue weighted by atomic mass is 9.88. The second-order valence-electron chi connectivity index (χ2n) is 5.20. The maximum Gasteiger partial charge on any atom is 0.314 e. The van der Waals surface area contributed by atoms with Crippen LogP contribution in [0.4, 0.5) is 4.79 Å². The van der Waals surface area contributed by atoms with Gasteiger partial charge in [0, 0.05) is 30.4 Å². The molecular formula is C14H16IN5O. The van der Waals surface area contributed by atoms with Crippen LogP contribution in [0.3, 0.4) is 0 Å². The van der Waals surface area contributed by atoms with Gasteiger partial charge in [0.05, 0.1) is 27.2 Å². The first kappa shape index (κ1) is 15.6. The fourth-order valence-electron chi connectivity index (χ4n) is 2.80. The number of alkyl halides is 1. The zero-order chi connectivity index (χ0) is 15.6. The molecule has 6 nitrogen and oxygen atoms in total. The summed E-state index contributed by atoms with van der Waals surface area (Å²) in [4.78, 5) is 13.0. The van der Waals surface area contributed by atoms with E-state index in [4.69, 9.17) is 5.73 Å². The van der Waals surface area contributed by atoms with Gasteiger partial charge in [0.25, 0.3) is 0 Å². The number of carbonyl (C=O) groups is 1. The van der Waals surface area contributed by atoms with E-state index in [-0.39, 0.29) is 9.84 Å². The first-order chi connectivity index (χ1) is 9.99. The molecule has 110 valence electrons. The van der Waals surface area contributed by atoms with E-state index < -0.39 is 6.03 Å². The predicted octanol–water partition coefficient (Wildman–Crippen LogP) is 1.76. The number of piperidine rings is 1. The lowest BCUT2D eigenvalue weighted by Gasteiger charge is -2.36. The lowest BCUT2D eigenvalue weighted by Crippen LogP contribution is -2.45. The number of primary amides is 1. The Bertz CT molecular complexity index is 610. The van der Waals surface area contributed by atoms with Gasteiger partial charge in [0.2, 0.25) is 0 Å². The van der Waals surface area contributed by atoms with Crippen LogP contribution in [0.1, 0.15) is 19.8 Å². The molecule has 2 aliphatic heterocycles. The van der Waals surface area contributed by atoms with Crippen LogP contribution in [0.2, 0.25) is 0 Å². The molecule has 0 saturated carbocycles. The second kappa shape index (κ2) is 6.35. The lowest BCUT2D eigenvalue weighted by molar-refractivity contribution is 0.180. The summed E-state index contributed by atoms with van der Waals surface area (Å²) in [6.45, 7) is 3.02. The number of likely N-dealkylation sites (tertiary alicyclic amines) is 1. The third-order valence-corrected chi connectivity index (χ3v) is 5.15. The summed E-state index contributed by atoms with van der Waals surface area (Å²) < 4.78 is -0.238. The molecule has 0 spiro atoms. The minimum Gasteiger partial charge on any atom is -0.361 e. The topological polar surface area (TPSA) is 106 Å². The number of amides is 2. The quantitative estimate of drug-likeness (QED) is 0.520. The number of hydrogen-bond donors (Lipinski definition) is 2. The summed E-state index contributed by atoms with van der Waals surface area (Å²) in [5.41, 5.74) is 8.13. The Morgan fingerprint density at radius 1 is 1.43 bits per heavy atom. The minimum atomic E-state index is -0.425. The molecule has 1 saturated heterocycles. The molecule has 0 radical (unpaired) electrons. The van der Waals surface area contributed by atoms with Crippen LogP contribution >= 0.6 is 22.6 Å². The van der Waals surface area contributed by atoms with Crippen molar-refractivity contribution in [1.29, 1.82) is 10.5 Å². The van der Waals surface area contributed by atoms with E-state index in [1.807, 2.05) is 6.92 Å². The molecule has 2 aliphatic rings. The van der Waals surface area contributed by atoms with E-state index >= 15 is 0 Å². The first-order valence-electron chi connectivity index (χ1n) is 6.70. The van der Waals surface area contributed by atoms with Crippen molar-refractivity contribution in [2.45, 2.75) is 23.7 Å². The molecule has 21 heavy (non-hydrogen) atoms. The first-order valence-corrected chi connectivity index (χ1v) is 7.94. The number of hydrogen-bond acceptors (Lipinski definition) is 4. The molecule has 0 aromatic carbocycles. The Morgan fingerprint density at radius 3 is 2.67 bits per heavy atom. The highest BCUT2D eigenvalue weighted by Gasteiger charge is 2.33. The summed E-state index contributed by atoms with van der Waals surface area (Å²) in [6.07, 6.45) is 1.76. The average Bonchev–Trinajstić information content (AvgIpc) is 2.47. The molecule has 2 atom stereocenters. The molecule has 2 unspecified atom stereocenters. The van der Waals surface area contributed by atoms with E-state index in [2.05, 4.69) is 40.0 Å². The van der Waals surface area contributed by atoms with Gasteiger partial charge in [0.1, 0.15) is 0 Å². The SMILES string of the molecule is CC1=C(C#N)C(I)C(C#N)=C(C2CCCN(C(N)=O)C2)N1. The van der Waals surface area contributed by atoms with E-state index in [0.29, 0.717) is 24.2 Å². The average molecular weight is 397 g/mol. The van der Waals surface area contributed by atoms with Crippen molar-refractivity contribution >= 4 is 28.6 Å². The minimum absolute atomic E-state index is 0.0633. The van der Waals surface area contributed by atoms with E-state index in [1.165, 1.54) is 0 Å².